The normalized spacial score (nSPS) is 20.3. The van der Waals surface area contributed by atoms with Gasteiger partial charge in [-0.2, -0.15) is 0 Å². The first-order valence-electron chi connectivity index (χ1n) is 6.52. The van der Waals surface area contributed by atoms with Crippen molar-refractivity contribution in [3.8, 4) is 5.75 Å². The van der Waals surface area contributed by atoms with Crippen LogP contribution in [0.2, 0.25) is 0 Å². The first kappa shape index (κ1) is 14.6. The minimum absolute atomic E-state index is 0.262. The molecule has 5 nitrogen and oxygen atoms in total. The summed E-state index contributed by atoms with van der Waals surface area (Å²) in [5, 5.41) is 0. The maximum Gasteiger partial charge on any atom is 0.510 e. The van der Waals surface area contributed by atoms with E-state index in [1.807, 2.05) is 0 Å². The number of benzene rings is 1. The van der Waals surface area contributed by atoms with Crippen LogP contribution in [-0.2, 0) is 14.2 Å². The Morgan fingerprint density at radius 3 is 2.95 bits per heavy atom. The Morgan fingerprint density at radius 1 is 1.50 bits per heavy atom. The molecule has 1 atom stereocenters. The van der Waals surface area contributed by atoms with E-state index >= 15 is 0 Å². The Morgan fingerprint density at radius 2 is 2.30 bits per heavy atom. The molecule has 0 N–H and O–H groups in total. The summed E-state index contributed by atoms with van der Waals surface area (Å²) in [6, 6.07) is 5.94. The number of halogens is 1. The first-order chi connectivity index (χ1) is 9.63. The van der Waals surface area contributed by atoms with Crippen molar-refractivity contribution in [3.05, 3.63) is 30.1 Å². The summed E-state index contributed by atoms with van der Waals surface area (Å²) in [4.78, 5) is 11.2. The molecule has 1 aromatic carbocycles. The largest absolute Gasteiger partial charge is 0.510 e. The van der Waals surface area contributed by atoms with Crippen molar-refractivity contribution in [2.45, 2.75) is 25.6 Å². The van der Waals surface area contributed by atoms with Crippen LogP contribution >= 0.6 is 0 Å². The second-order valence-corrected chi connectivity index (χ2v) is 4.39. The molecule has 1 saturated heterocycles. The molecule has 1 fully saturated rings. The van der Waals surface area contributed by atoms with Gasteiger partial charge in [-0.1, -0.05) is 6.07 Å². The highest BCUT2D eigenvalue weighted by molar-refractivity contribution is 5.60. The molecule has 20 heavy (non-hydrogen) atoms. The predicted octanol–water partition coefficient (Wildman–Crippen LogP) is 2.88. The molecule has 1 heterocycles. The molecule has 0 spiro atoms. The molecule has 0 bridgehead atoms. The quantitative estimate of drug-likeness (QED) is 0.438. The Kier molecular flexibility index (Phi) is 4.79. The number of carbonyl (C=O) groups excluding carboxylic acids is 1. The second kappa shape index (κ2) is 6.56. The topological polar surface area (TPSA) is 57.3 Å². The Hall–Kier alpha value is -1.82. The third-order valence-electron chi connectivity index (χ3n) is 2.76. The van der Waals surface area contributed by atoms with Crippen LogP contribution in [0.5, 0.6) is 5.75 Å². The van der Waals surface area contributed by atoms with E-state index in [1.165, 1.54) is 12.1 Å². The van der Waals surface area contributed by atoms with Gasteiger partial charge in [-0.25, -0.2) is 9.18 Å². The van der Waals surface area contributed by atoms with Crippen molar-refractivity contribution in [2.24, 2.45) is 0 Å². The van der Waals surface area contributed by atoms with Crippen molar-refractivity contribution in [3.63, 3.8) is 0 Å². The third kappa shape index (κ3) is 4.38. The zero-order chi connectivity index (χ0) is 14.4. The van der Waals surface area contributed by atoms with E-state index in [-0.39, 0.29) is 12.4 Å². The zero-order valence-corrected chi connectivity index (χ0v) is 11.3. The minimum atomic E-state index is -0.864. The molecular formula is C14H17FO5. The van der Waals surface area contributed by atoms with Crippen molar-refractivity contribution in [2.75, 3.05) is 19.8 Å². The predicted molar refractivity (Wildman–Crippen MR) is 67.9 cm³/mol. The molecule has 2 rings (SSSR count). The number of rotatable bonds is 7. The van der Waals surface area contributed by atoms with E-state index in [1.54, 1.807) is 19.1 Å². The lowest BCUT2D eigenvalue weighted by molar-refractivity contribution is -0.0391. The molecular weight excluding hydrogens is 267 g/mol. The minimum Gasteiger partial charge on any atom is -0.493 e. The van der Waals surface area contributed by atoms with Gasteiger partial charge in [-0.3, -0.25) is 0 Å². The van der Waals surface area contributed by atoms with Gasteiger partial charge in [0.25, 0.3) is 0 Å². The highest BCUT2D eigenvalue weighted by Gasteiger charge is 2.49. The molecule has 110 valence electrons. The van der Waals surface area contributed by atoms with Gasteiger partial charge in [0, 0.05) is 12.5 Å². The van der Waals surface area contributed by atoms with Gasteiger partial charge in [0.15, 0.2) is 0 Å². The number of hydrogen-bond acceptors (Lipinski definition) is 5. The summed E-state index contributed by atoms with van der Waals surface area (Å²) in [6.45, 7) is 2.72. The number of epoxide rings is 1. The summed E-state index contributed by atoms with van der Waals surface area (Å²) < 4.78 is 33.2. The lowest BCUT2D eigenvalue weighted by Gasteiger charge is -2.13. The van der Waals surface area contributed by atoms with Crippen LogP contribution in [-0.4, -0.2) is 31.8 Å². The fraction of sp³-hybridized carbons (Fsp3) is 0.500. The molecule has 0 aromatic heterocycles. The van der Waals surface area contributed by atoms with Crippen LogP contribution in [0.15, 0.2) is 24.3 Å². The first-order valence-corrected chi connectivity index (χ1v) is 6.52. The lowest BCUT2D eigenvalue weighted by Crippen LogP contribution is -2.22. The lowest BCUT2D eigenvalue weighted by atomic mass is 10.2. The van der Waals surface area contributed by atoms with E-state index in [9.17, 15) is 9.18 Å². The Bertz CT molecular complexity index is 459. The summed E-state index contributed by atoms with van der Waals surface area (Å²) in [7, 11) is 0. The maximum absolute atomic E-state index is 12.9. The van der Waals surface area contributed by atoms with Crippen LogP contribution in [0.4, 0.5) is 9.18 Å². The van der Waals surface area contributed by atoms with E-state index in [4.69, 9.17) is 18.9 Å². The van der Waals surface area contributed by atoms with Crippen molar-refractivity contribution in [1.82, 2.24) is 0 Å². The summed E-state index contributed by atoms with van der Waals surface area (Å²) in [6.07, 6.45) is 0.410. The van der Waals surface area contributed by atoms with Crippen molar-refractivity contribution >= 4 is 6.16 Å². The van der Waals surface area contributed by atoms with Gasteiger partial charge >= 0.3 is 6.16 Å². The van der Waals surface area contributed by atoms with Gasteiger partial charge in [0.2, 0.25) is 5.79 Å². The van der Waals surface area contributed by atoms with Gasteiger partial charge in [-0.15, -0.1) is 0 Å². The highest BCUT2D eigenvalue weighted by Crippen LogP contribution is 2.34. The Labute approximate surface area is 116 Å². The van der Waals surface area contributed by atoms with Crippen LogP contribution in [0.25, 0.3) is 0 Å². The van der Waals surface area contributed by atoms with Gasteiger partial charge in [0.1, 0.15) is 18.2 Å². The SMILES string of the molecule is CCOC(=O)OC1(CCCOc2cccc(F)c2)CO1. The molecule has 0 aliphatic carbocycles. The summed E-state index contributed by atoms with van der Waals surface area (Å²) in [5.41, 5.74) is 0. The summed E-state index contributed by atoms with van der Waals surface area (Å²) in [5.74, 6) is -0.727. The van der Waals surface area contributed by atoms with E-state index < -0.39 is 11.9 Å². The fourth-order valence-electron chi connectivity index (χ4n) is 1.72. The fourth-order valence-corrected chi connectivity index (χ4v) is 1.72. The number of hydrogen-bond donors (Lipinski definition) is 0. The number of ether oxygens (including phenoxy) is 4. The molecule has 1 unspecified atom stereocenters. The Balaban J connectivity index is 1.67. The zero-order valence-electron chi connectivity index (χ0n) is 11.3. The van der Waals surface area contributed by atoms with Crippen LogP contribution < -0.4 is 4.74 Å². The van der Waals surface area contributed by atoms with Gasteiger partial charge in [-0.05, 0) is 25.5 Å². The smallest absolute Gasteiger partial charge is 0.493 e. The van der Waals surface area contributed by atoms with Crippen molar-refractivity contribution < 1.29 is 28.1 Å². The van der Waals surface area contributed by atoms with E-state index in [0.717, 1.165) is 0 Å². The average Bonchev–Trinajstić information content (AvgIpc) is 3.15. The highest BCUT2D eigenvalue weighted by atomic mass is 19.1. The standard InChI is InChI=1S/C14H17FO5/c1-2-17-13(16)20-14(10-19-14)7-4-8-18-12-6-3-5-11(15)9-12/h3,5-6,9H,2,4,7-8,10H2,1H3. The molecule has 0 saturated carbocycles. The maximum atomic E-state index is 12.9. The van der Waals surface area contributed by atoms with Gasteiger partial charge in [0.05, 0.1) is 13.2 Å². The second-order valence-electron chi connectivity index (χ2n) is 4.39. The van der Waals surface area contributed by atoms with Crippen LogP contribution in [0.3, 0.4) is 0 Å². The van der Waals surface area contributed by atoms with E-state index in [0.29, 0.717) is 31.8 Å². The molecule has 1 aliphatic heterocycles. The molecule has 1 aromatic rings. The molecule has 0 radical (unpaired) electrons. The molecule has 0 amide bonds. The van der Waals surface area contributed by atoms with E-state index in [2.05, 4.69) is 0 Å². The monoisotopic (exact) mass is 284 g/mol. The van der Waals surface area contributed by atoms with Crippen molar-refractivity contribution in [1.29, 1.82) is 0 Å². The van der Waals surface area contributed by atoms with Crippen LogP contribution in [0.1, 0.15) is 19.8 Å². The third-order valence-corrected chi connectivity index (χ3v) is 2.76. The molecule has 6 heteroatoms. The van der Waals surface area contributed by atoms with Crippen LogP contribution in [0, 0.1) is 5.82 Å². The average molecular weight is 284 g/mol. The number of carbonyl (C=O) groups is 1. The molecule has 1 aliphatic rings. The summed E-state index contributed by atoms with van der Waals surface area (Å²) >= 11 is 0. The van der Waals surface area contributed by atoms with Gasteiger partial charge < -0.3 is 18.9 Å².